The summed E-state index contributed by atoms with van der Waals surface area (Å²) in [6, 6.07) is 9.36. The fraction of sp³-hybridized carbons (Fsp3) is 0.133. The highest BCUT2D eigenvalue weighted by Gasteiger charge is 2.08. The van der Waals surface area contributed by atoms with Gasteiger partial charge in [0.05, 0.1) is 19.0 Å². The number of hydrogen-bond acceptors (Lipinski definition) is 4. The summed E-state index contributed by atoms with van der Waals surface area (Å²) in [4.78, 5) is 3.94. The van der Waals surface area contributed by atoms with Gasteiger partial charge in [0.15, 0.2) is 0 Å². The Morgan fingerprint density at radius 3 is 2.57 bits per heavy atom. The molecule has 6 heteroatoms. The van der Waals surface area contributed by atoms with E-state index in [-0.39, 0.29) is 0 Å². The third-order valence-electron chi connectivity index (χ3n) is 3.14. The third kappa shape index (κ3) is 3.06. The number of aromatic nitrogens is 3. The predicted octanol–water partition coefficient (Wildman–Crippen LogP) is 3.93. The molecule has 0 bridgehead atoms. The van der Waals surface area contributed by atoms with Gasteiger partial charge in [-0.3, -0.25) is 0 Å². The summed E-state index contributed by atoms with van der Waals surface area (Å²) >= 11 is 11.9. The Bertz CT molecular complexity index is 788. The van der Waals surface area contributed by atoms with Crippen LogP contribution in [0.5, 0.6) is 5.75 Å². The largest absolute Gasteiger partial charge is 0.497 e. The maximum atomic E-state index is 5.93. The highest BCUT2D eigenvalue weighted by atomic mass is 35.5. The lowest BCUT2D eigenvalue weighted by Gasteiger charge is -2.07. The minimum absolute atomic E-state index is 0.368. The second-order valence-corrected chi connectivity index (χ2v) is 5.32. The van der Waals surface area contributed by atoms with Crippen molar-refractivity contribution >= 4 is 34.0 Å². The van der Waals surface area contributed by atoms with Crippen LogP contribution in [-0.4, -0.2) is 22.3 Å². The normalized spacial score (nSPS) is 10.8. The minimum Gasteiger partial charge on any atom is -0.497 e. The summed E-state index contributed by atoms with van der Waals surface area (Å²) in [7, 11) is 1.64. The van der Waals surface area contributed by atoms with Crippen molar-refractivity contribution in [2.24, 2.45) is 0 Å². The number of hydrogen-bond donors (Lipinski definition) is 0. The molecule has 0 saturated heterocycles. The van der Waals surface area contributed by atoms with Crippen LogP contribution in [0.25, 0.3) is 10.8 Å². The van der Waals surface area contributed by atoms with Gasteiger partial charge >= 0.3 is 0 Å². The number of methoxy groups -OCH3 is 1. The molecule has 21 heavy (non-hydrogen) atoms. The van der Waals surface area contributed by atoms with Crippen molar-refractivity contribution in [1.29, 1.82) is 0 Å². The van der Waals surface area contributed by atoms with Gasteiger partial charge in [-0.15, -0.1) is 0 Å². The van der Waals surface area contributed by atoms with Gasteiger partial charge in [-0.25, -0.2) is 4.98 Å². The van der Waals surface area contributed by atoms with E-state index < -0.39 is 0 Å². The van der Waals surface area contributed by atoms with Crippen LogP contribution in [0, 0.1) is 0 Å². The Hall–Kier alpha value is -1.91. The van der Waals surface area contributed by atoms with E-state index in [0.717, 1.165) is 27.8 Å². The van der Waals surface area contributed by atoms with Gasteiger partial charge in [0.1, 0.15) is 16.1 Å². The van der Waals surface area contributed by atoms with E-state index in [1.807, 2.05) is 18.2 Å². The molecule has 0 aliphatic carbocycles. The van der Waals surface area contributed by atoms with Gasteiger partial charge in [-0.05, 0) is 35.9 Å². The van der Waals surface area contributed by atoms with Gasteiger partial charge in [0.25, 0.3) is 0 Å². The van der Waals surface area contributed by atoms with Gasteiger partial charge in [0.2, 0.25) is 0 Å². The Balaban J connectivity index is 2.04. The molecule has 0 aliphatic heterocycles. The first-order chi connectivity index (χ1) is 10.2. The van der Waals surface area contributed by atoms with E-state index in [9.17, 15) is 0 Å². The zero-order valence-corrected chi connectivity index (χ0v) is 12.7. The second-order valence-electron chi connectivity index (χ2n) is 4.54. The lowest BCUT2D eigenvalue weighted by Crippen LogP contribution is -1.97. The molecule has 0 aliphatic rings. The van der Waals surface area contributed by atoms with Crippen molar-refractivity contribution in [2.45, 2.75) is 6.42 Å². The standard InChI is InChI=1S/C15H11Cl2N3O/c1-21-11-2-3-12-10(7-11)8-18-20-13(12)4-9-5-14(16)19-15(17)6-9/h2-3,5-8H,4H2,1H3. The van der Waals surface area contributed by atoms with E-state index in [1.54, 1.807) is 25.4 Å². The van der Waals surface area contributed by atoms with Gasteiger partial charge < -0.3 is 4.74 Å². The molecule has 2 aromatic heterocycles. The summed E-state index contributed by atoms with van der Waals surface area (Å²) in [6.07, 6.45) is 2.30. The Labute approximate surface area is 131 Å². The molecule has 4 nitrogen and oxygen atoms in total. The number of halogens is 2. The second kappa shape index (κ2) is 5.84. The summed E-state index contributed by atoms with van der Waals surface area (Å²) in [5.41, 5.74) is 1.80. The smallest absolute Gasteiger partial charge is 0.131 e. The van der Waals surface area contributed by atoms with Crippen LogP contribution in [0.1, 0.15) is 11.3 Å². The number of rotatable bonds is 3. The molecule has 3 rings (SSSR count). The van der Waals surface area contributed by atoms with Crippen molar-refractivity contribution in [3.8, 4) is 5.75 Å². The molecule has 1 aromatic carbocycles. The summed E-state index contributed by atoms with van der Waals surface area (Å²) in [6.45, 7) is 0. The average molecular weight is 320 g/mol. The molecule has 0 amide bonds. The van der Waals surface area contributed by atoms with E-state index in [4.69, 9.17) is 27.9 Å². The SMILES string of the molecule is COc1ccc2c(Cc3cc(Cl)nc(Cl)c3)nncc2c1. The van der Waals surface area contributed by atoms with Crippen molar-refractivity contribution in [3.63, 3.8) is 0 Å². The average Bonchev–Trinajstić information content (AvgIpc) is 2.46. The van der Waals surface area contributed by atoms with Gasteiger partial charge in [-0.2, -0.15) is 10.2 Å². The Morgan fingerprint density at radius 2 is 1.86 bits per heavy atom. The molecule has 0 saturated carbocycles. The fourth-order valence-corrected chi connectivity index (χ4v) is 2.70. The monoisotopic (exact) mass is 319 g/mol. The lowest BCUT2D eigenvalue weighted by molar-refractivity contribution is 0.415. The number of ether oxygens (including phenoxy) is 1. The van der Waals surface area contributed by atoms with Crippen LogP contribution in [-0.2, 0) is 6.42 Å². The Morgan fingerprint density at radius 1 is 1.10 bits per heavy atom. The van der Waals surface area contributed by atoms with Crippen LogP contribution in [0.3, 0.4) is 0 Å². The van der Waals surface area contributed by atoms with Crippen molar-refractivity contribution in [3.05, 3.63) is 58.1 Å². The van der Waals surface area contributed by atoms with E-state index in [1.165, 1.54) is 0 Å². The predicted molar refractivity (Wildman–Crippen MR) is 83.2 cm³/mol. The van der Waals surface area contributed by atoms with Gasteiger partial charge in [0, 0.05) is 17.2 Å². The molecule has 0 spiro atoms. The molecule has 0 fully saturated rings. The molecule has 106 valence electrons. The molecular weight excluding hydrogens is 309 g/mol. The topological polar surface area (TPSA) is 47.9 Å². The first-order valence-electron chi connectivity index (χ1n) is 6.26. The van der Waals surface area contributed by atoms with E-state index in [2.05, 4.69) is 15.2 Å². The van der Waals surface area contributed by atoms with Crippen LogP contribution in [0.2, 0.25) is 10.3 Å². The number of nitrogens with zero attached hydrogens (tertiary/aromatic N) is 3. The quantitative estimate of drug-likeness (QED) is 0.686. The first kappa shape index (κ1) is 14.0. The lowest BCUT2D eigenvalue weighted by atomic mass is 10.1. The van der Waals surface area contributed by atoms with Crippen molar-refractivity contribution in [1.82, 2.24) is 15.2 Å². The van der Waals surface area contributed by atoms with Gasteiger partial charge in [-0.1, -0.05) is 23.2 Å². The first-order valence-corrected chi connectivity index (χ1v) is 7.01. The summed E-state index contributed by atoms with van der Waals surface area (Å²) in [5, 5.41) is 11.0. The zero-order chi connectivity index (χ0) is 14.8. The van der Waals surface area contributed by atoms with Crippen LogP contribution in [0.4, 0.5) is 0 Å². The number of pyridine rings is 1. The summed E-state index contributed by atoms with van der Waals surface area (Å²) < 4.78 is 5.22. The molecular formula is C15H11Cl2N3O. The maximum absolute atomic E-state index is 5.93. The summed E-state index contributed by atoms with van der Waals surface area (Å²) in [5.74, 6) is 0.788. The number of fused-ring (bicyclic) bond motifs is 1. The van der Waals surface area contributed by atoms with E-state index in [0.29, 0.717) is 16.7 Å². The molecule has 0 unspecified atom stereocenters. The van der Waals surface area contributed by atoms with E-state index >= 15 is 0 Å². The van der Waals surface area contributed by atoms with Crippen LogP contribution >= 0.6 is 23.2 Å². The van der Waals surface area contributed by atoms with Crippen molar-refractivity contribution < 1.29 is 4.74 Å². The Kier molecular flexibility index (Phi) is 3.90. The van der Waals surface area contributed by atoms with Crippen LogP contribution in [0.15, 0.2) is 36.5 Å². The molecule has 3 aromatic rings. The molecule has 0 atom stereocenters. The highest BCUT2D eigenvalue weighted by Crippen LogP contribution is 2.24. The molecule has 0 N–H and O–H groups in total. The van der Waals surface area contributed by atoms with Crippen molar-refractivity contribution in [2.75, 3.05) is 7.11 Å². The number of benzene rings is 1. The maximum Gasteiger partial charge on any atom is 0.131 e. The molecule has 0 radical (unpaired) electrons. The highest BCUT2D eigenvalue weighted by molar-refractivity contribution is 6.32. The third-order valence-corrected chi connectivity index (χ3v) is 3.53. The zero-order valence-electron chi connectivity index (χ0n) is 11.2. The van der Waals surface area contributed by atoms with Crippen LogP contribution < -0.4 is 4.74 Å². The fourth-order valence-electron chi connectivity index (χ4n) is 2.19. The molecule has 2 heterocycles. The minimum atomic E-state index is 0.368.